The molecule has 0 aliphatic heterocycles. The molecule has 1 aromatic heterocycles. The van der Waals surface area contributed by atoms with Crippen molar-refractivity contribution >= 4 is 23.4 Å². The minimum absolute atomic E-state index is 0.0620. The Balaban J connectivity index is 1.78. The smallest absolute Gasteiger partial charge is 0.315 e. The predicted molar refractivity (Wildman–Crippen MR) is 147 cm³/mol. The highest BCUT2D eigenvalue weighted by Crippen LogP contribution is 2.27. The molecule has 0 atom stereocenters. The van der Waals surface area contributed by atoms with Gasteiger partial charge in [-0.1, -0.05) is 71.9 Å². The van der Waals surface area contributed by atoms with E-state index in [0.29, 0.717) is 24.0 Å². The Labute approximate surface area is 214 Å². The second-order valence-corrected chi connectivity index (χ2v) is 10.5. The van der Waals surface area contributed by atoms with E-state index in [1.54, 1.807) is 4.68 Å². The Bertz CT molecular complexity index is 1190. The molecule has 0 saturated carbocycles. The van der Waals surface area contributed by atoms with Gasteiger partial charge in [-0.3, -0.25) is 4.79 Å². The summed E-state index contributed by atoms with van der Waals surface area (Å²) in [6, 6.07) is 17.3. The van der Waals surface area contributed by atoms with Crippen LogP contribution in [0.2, 0.25) is 0 Å². The van der Waals surface area contributed by atoms with Crippen LogP contribution in [0.3, 0.4) is 0 Å². The molecule has 0 aliphatic rings. The van der Waals surface area contributed by atoms with E-state index in [-0.39, 0.29) is 23.9 Å². The number of aromatic nitrogens is 2. The minimum atomic E-state index is -0.299. The molecule has 0 spiro atoms. The maximum atomic E-state index is 13.1. The van der Waals surface area contributed by atoms with E-state index in [9.17, 15) is 9.59 Å². The van der Waals surface area contributed by atoms with Crippen LogP contribution >= 0.6 is 0 Å². The monoisotopic (exact) mass is 489 g/mol. The molecule has 0 radical (unpaired) electrons. The summed E-state index contributed by atoms with van der Waals surface area (Å²) < 4.78 is 1.77. The first-order valence-corrected chi connectivity index (χ1v) is 12.6. The molecular weight excluding hydrogens is 450 g/mol. The second kappa shape index (κ2) is 11.4. The molecule has 1 heterocycles. The summed E-state index contributed by atoms with van der Waals surface area (Å²) in [7, 11) is 0. The molecular formula is C29H39N5O2. The van der Waals surface area contributed by atoms with Gasteiger partial charge in [0.25, 0.3) is 0 Å². The fourth-order valence-corrected chi connectivity index (χ4v) is 3.85. The highest BCUT2D eigenvalue weighted by Gasteiger charge is 2.23. The maximum absolute atomic E-state index is 13.1. The summed E-state index contributed by atoms with van der Waals surface area (Å²) in [6.45, 7) is 14.9. The number of urea groups is 1. The highest BCUT2D eigenvalue weighted by atomic mass is 16.2. The van der Waals surface area contributed by atoms with Crippen molar-refractivity contribution in [3.05, 3.63) is 71.4 Å². The molecule has 7 heteroatoms. The van der Waals surface area contributed by atoms with Crippen molar-refractivity contribution in [3.8, 4) is 5.69 Å². The topological polar surface area (TPSA) is 79.3 Å². The first-order valence-electron chi connectivity index (χ1n) is 12.6. The zero-order valence-electron chi connectivity index (χ0n) is 22.6. The number of hydrogen-bond donors (Lipinski definition) is 2. The number of nitrogens with one attached hydrogen (secondary N) is 2. The van der Waals surface area contributed by atoms with Crippen LogP contribution in [0.4, 0.5) is 16.3 Å². The van der Waals surface area contributed by atoms with Crippen LogP contribution in [-0.4, -0.2) is 39.7 Å². The van der Waals surface area contributed by atoms with Gasteiger partial charge in [-0.15, -0.1) is 0 Å². The average molecular weight is 490 g/mol. The lowest BCUT2D eigenvalue weighted by Crippen LogP contribution is -2.41. The molecule has 192 valence electrons. The third kappa shape index (κ3) is 6.74. The molecule has 3 amide bonds. The van der Waals surface area contributed by atoms with Crippen LogP contribution in [0.1, 0.15) is 70.7 Å². The Hall–Kier alpha value is -3.61. The zero-order valence-corrected chi connectivity index (χ0v) is 22.6. The number of benzene rings is 2. The highest BCUT2D eigenvalue weighted by molar-refractivity contribution is 5.96. The molecule has 2 N–H and O–H groups in total. The lowest BCUT2D eigenvalue weighted by Gasteiger charge is -2.22. The molecule has 0 bridgehead atoms. The van der Waals surface area contributed by atoms with Crippen LogP contribution in [0.5, 0.6) is 0 Å². The predicted octanol–water partition coefficient (Wildman–Crippen LogP) is 6.48. The Morgan fingerprint density at radius 1 is 1.03 bits per heavy atom. The summed E-state index contributed by atoms with van der Waals surface area (Å²) in [5.41, 5.74) is 4.54. The van der Waals surface area contributed by atoms with Gasteiger partial charge in [-0.05, 0) is 48.6 Å². The summed E-state index contributed by atoms with van der Waals surface area (Å²) in [5, 5.41) is 10.7. The third-order valence-electron chi connectivity index (χ3n) is 6.03. The third-order valence-corrected chi connectivity index (χ3v) is 6.03. The van der Waals surface area contributed by atoms with Crippen molar-refractivity contribution in [2.75, 3.05) is 23.7 Å². The Kier molecular flexibility index (Phi) is 8.56. The van der Waals surface area contributed by atoms with Crippen LogP contribution in [0.25, 0.3) is 5.69 Å². The SMILES string of the molecule is CCCN(CC(=O)Nc1cc(C(C)(C)C)nn1-c1ccccc1C)C(=O)Nc1ccc(C(C)C)cc1. The molecule has 2 aromatic carbocycles. The molecule has 36 heavy (non-hydrogen) atoms. The number of amides is 3. The second-order valence-electron chi connectivity index (χ2n) is 10.5. The number of rotatable bonds is 8. The fraction of sp³-hybridized carbons (Fsp3) is 0.414. The number of anilines is 2. The summed E-state index contributed by atoms with van der Waals surface area (Å²) in [5.74, 6) is 0.728. The van der Waals surface area contributed by atoms with Crippen molar-refractivity contribution in [3.63, 3.8) is 0 Å². The van der Waals surface area contributed by atoms with Crippen LogP contribution < -0.4 is 10.6 Å². The molecule has 0 unspecified atom stereocenters. The quantitative estimate of drug-likeness (QED) is 0.380. The van der Waals surface area contributed by atoms with E-state index >= 15 is 0 Å². The molecule has 0 aliphatic carbocycles. The van der Waals surface area contributed by atoms with Gasteiger partial charge in [-0.25, -0.2) is 9.48 Å². The molecule has 3 aromatic rings. The van der Waals surface area contributed by atoms with Gasteiger partial charge in [0, 0.05) is 23.7 Å². The van der Waals surface area contributed by atoms with Crippen molar-refractivity contribution in [1.82, 2.24) is 14.7 Å². The van der Waals surface area contributed by atoms with Gasteiger partial charge in [0.2, 0.25) is 5.91 Å². The summed E-state index contributed by atoms with van der Waals surface area (Å²) in [4.78, 5) is 27.7. The van der Waals surface area contributed by atoms with Gasteiger partial charge in [-0.2, -0.15) is 5.10 Å². The van der Waals surface area contributed by atoms with Crippen LogP contribution in [0, 0.1) is 6.92 Å². The van der Waals surface area contributed by atoms with Crippen molar-refractivity contribution in [2.24, 2.45) is 0 Å². The van der Waals surface area contributed by atoms with E-state index in [2.05, 4.69) is 45.3 Å². The summed E-state index contributed by atoms with van der Waals surface area (Å²) in [6.07, 6.45) is 0.738. The van der Waals surface area contributed by atoms with Gasteiger partial charge < -0.3 is 15.5 Å². The maximum Gasteiger partial charge on any atom is 0.322 e. The van der Waals surface area contributed by atoms with E-state index in [4.69, 9.17) is 5.10 Å². The number of para-hydroxylation sites is 1. The van der Waals surface area contributed by atoms with Crippen molar-refractivity contribution in [2.45, 2.75) is 66.2 Å². The standard InChI is InChI=1S/C29H39N5O2/c1-8-17-33(28(36)30-23-15-13-22(14-16-23)20(2)3)19-27(35)31-26-18-25(29(5,6)7)32-34(26)24-12-10-9-11-21(24)4/h9-16,18,20H,8,17,19H2,1-7H3,(H,30,36)(H,31,35). The Morgan fingerprint density at radius 2 is 1.69 bits per heavy atom. The van der Waals surface area contributed by atoms with Gasteiger partial charge in [0.15, 0.2) is 0 Å². The van der Waals surface area contributed by atoms with E-state index in [1.165, 1.54) is 10.5 Å². The summed E-state index contributed by atoms with van der Waals surface area (Å²) >= 11 is 0. The number of hydrogen-bond acceptors (Lipinski definition) is 3. The van der Waals surface area contributed by atoms with E-state index in [1.807, 2.05) is 68.4 Å². The minimum Gasteiger partial charge on any atom is -0.315 e. The number of nitrogens with zero attached hydrogens (tertiary/aromatic N) is 3. The Morgan fingerprint density at radius 3 is 2.28 bits per heavy atom. The van der Waals surface area contributed by atoms with Crippen LogP contribution in [-0.2, 0) is 10.2 Å². The molecule has 7 nitrogen and oxygen atoms in total. The zero-order chi connectivity index (χ0) is 26.5. The normalized spacial score (nSPS) is 11.4. The average Bonchev–Trinajstić information content (AvgIpc) is 3.23. The number of carbonyl (C=O) groups excluding carboxylic acids is 2. The first kappa shape index (κ1) is 27.0. The number of aryl methyl sites for hydroxylation is 1. The molecule has 0 fully saturated rings. The fourth-order valence-electron chi connectivity index (χ4n) is 3.85. The lowest BCUT2D eigenvalue weighted by atomic mass is 9.92. The molecule has 0 saturated heterocycles. The van der Waals surface area contributed by atoms with Crippen LogP contribution in [0.15, 0.2) is 54.6 Å². The van der Waals surface area contributed by atoms with E-state index < -0.39 is 0 Å². The largest absolute Gasteiger partial charge is 0.322 e. The van der Waals surface area contributed by atoms with Crippen molar-refractivity contribution < 1.29 is 9.59 Å². The van der Waals surface area contributed by atoms with Gasteiger partial charge in [0.05, 0.1) is 11.4 Å². The number of carbonyl (C=O) groups is 2. The van der Waals surface area contributed by atoms with Gasteiger partial charge in [0.1, 0.15) is 12.4 Å². The van der Waals surface area contributed by atoms with E-state index in [0.717, 1.165) is 23.4 Å². The first-order chi connectivity index (χ1) is 17.0. The van der Waals surface area contributed by atoms with Crippen molar-refractivity contribution in [1.29, 1.82) is 0 Å². The van der Waals surface area contributed by atoms with Gasteiger partial charge >= 0.3 is 6.03 Å². The molecule has 3 rings (SSSR count). The lowest BCUT2D eigenvalue weighted by molar-refractivity contribution is -0.116.